The van der Waals surface area contributed by atoms with Crippen molar-refractivity contribution in [2.75, 3.05) is 39.8 Å². The van der Waals surface area contributed by atoms with Gasteiger partial charge in [-0.1, -0.05) is 13.8 Å². The molecule has 0 aromatic rings. The summed E-state index contributed by atoms with van der Waals surface area (Å²) >= 11 is 0. The third-order valence-electron chi connectivity index (χ3n) is 5.22. The van der Waals surface area contributed by atoms with Gasteiger partial charge in [-0.3, -0.25) is 4.79 Å². The van der Waals surface area contributed by atoms with E-state index in [1.807, 2.05) is 11.8 Å². The second kappa shape index (κ2) is 6.82. The number of carbonyl (C=O) groups is 1. The molecule has 1 aliphatic heterocycles. The first kappa shape index (κ1) is 18.7. The van der Waals surface area contributed by atoms with Gasteiger partial charge in [0, 0.05) is 38.1 Å². The van der Waals surface area contributed by atoms with Crippen LogP contribution in [-0.2, 0) is 9.53 Å². The number of ether oxygens (including phenoxy) is 1. The molecule has 2 N–H and O–H groups in total. The summed E-state index contributed by atoms with van der Waals surface area (Å²) in [6, 6.07) is 0. The minimum atomic E-state index is -0.768. The number of likely N-dealkylation sites (N-methyl/N-ethyl adjacent to an activating group) is 1. The fraction of sp³-hybridized carbons (Fsp3) is 0.933. The van der Waals surface area contributed by atoms with Gasteiger partial charge in [0.15, 0.2) is 0 Å². The quantitative estimate of drug-likeness (QED) is 0.846. The van der Waals surface area contributed by atoms with Gasteiger partial charge in [-0.25, -0.2) is 0 Å². The number of rotatable bonds is 3. The number of carbonyl (C=O) groups excluding carboxylic acids is 1. The first-order valence-corrected chi connectivity index (χ1v) is 7.71. The van der Waals surface area contributed by atoms with Gasteiger partial charge in [0.1, 0.15) is 5.54 Å². The minimum absolute atomic E-state index is 0. The summed E-state index contributed by atoms with van der Waals surface area (Å²) in [6.45, 7) is 10.3. The molecule has 6 heteroatoms. The average Bonchev–Trinajstić information content (AvgIpc) is 2.62. The minimum Gasteiger partial charge on any atom is -0.378 e. The Morgan fingerprint density at radius 1 is 1.29 bits per heavy atom. The van der Waals surface area contributed by atoms with Gasteiger partial charge in [-0.15, -0.1) is 12.4 Å². The number of amides is 1. The molecule has 0 aromatic heterocycles. The molecule has 1 aliphatic carbocycles. The van der Waals surface area contributed by atoms with Crippen LogP contribution in [0.4, 0.5) is 0 Å². The van der Waals surface area contributed by atoms with E-state index < -0.39 is 5.54 Å². The fourth-order valence-corrected chi connectivity index (χ4v) is 3.33. The lowest BCUT2D eigenvalue weighted by molar-refractivity contribution is -0.179. The van der Waals surface area contributed by atoms with Crippen LogP contribution in [0.2, 0.25) is 0 Å². The normalized spacial score (nSPS) is 32.8. The zero-order valence-corrected chi connectivity index (χ0v) is 14.5. The topological polar surface area (TPSA) is 58.8 Å². The summed E-state index contributed by atoms with van der Waals surface area (Å²) in [6.07, 6.45) is 1.75. The lowest BCUT2D eigenvalue weighted by Crippen LogP contribution is -2.76. The predicted molar refractivity (Wildman–Crippen MR) is 86.7 cm³/mol. The molecular formula is C15H30ClN3O2. The van der Waals surface area contributed by atoms with E-state index in [4.69, 9.17) is 10.5 Å². The Kier molecular flexibility index (Phi) is 6.07. The molecule has 2 aliphatic rings. The molecule has 21 heavy (non-hydrogen) atoms. The molecule has 1 saturated carbocycles. The third-order valence-corrected chi connectivity index (χ3v) is 5.22. The highest BCUT2D eigenvalue weighted by Crippen LogP contribution is 2.50. The maximum atomic E-state index is 12.9. The standard InChI is InChI=1S/C15H29N3O2.ClH/c1-5-20-12-11-15(16,14(12,2)3)13(19)18-8-6-7-17(4)9-10-18;/h12H,5-11,16H2,1-4H3;1H. The van der Waals surface area contributed by atoms with Gasteiger partial charge < -0.3 is 20.3 Å². The lowest BCUT2D eigenvalue weighted by atomic mass is 9.54. The Bertz CT molecular complexity index is 378. The fourth-order valence-electron chi connectivity index (χ4n) is 3.33. The molecule has 1 saturated heterocycles. The average molecular weight is 320 g/mol. The monoisotopic (exact) mass is 319 g/mol. The van der Waals surface area contributed by atoms with E-state index in [0.29, 0.717) is 13.0 Å². The highest BCUT2D eigenvalue weighted by Gasteiger charge is 2.63. The van der Waals surface area contributed by atoms with Crippen LogP contribution in [0.15, 0.2) is 0 Å². The maximum absolute atomic E-state index is 12.9. The van der Waals surface area contributed by atoms with Gasteiger partial charge in [0.2, 0.25) is 5.91 Å². The van der Waals surface area contributed by atoms with Crippen molar-refractivity contribution in [3.05, 3.63) is 0 Å². The predicted octanol–water partition coefficient (Wildman–Crippen LogP) is 1.10. The summed E-state index contributed by atoms with van der Waals surface area (Å²) in [5.74, 6) is 0.105. The van der Waals surface area contributed by atoms with Gasteiger partial charge in [-0.05, 0) is 26.9 Å². The molecule has 0 aromatic carbocycles. The molecule has 0 bridgehead atoms. The molecule has 5 nitrogen and oxygen atoms in total. The second-order valence-corrected chi connectivity index (χ2v) is 6.79. The molecular weight excluding hydrogens is 290 g/mol. The van der Waals surface area contributed by atoms with Crippen LogP contribution in [0, 0.1) is 5.41 Å². The van der Waals surface area contributed by atoms with E-state index in [1.165, 1.54) is 0 Å². The summed E-state index contributed by atoms with van der Waals surface area (Å²) in [5, 5.41) is 0. The van der Waals surface area contributed by atoms with Crippen molar-refractivity contribution in [3.8, 4) is 0 Å². The van der Waals surface area contributed by atoms with E-state index in [0.717, 1.165) is 32.6 Å². The highest BCUT2D eigenvalue weighted by atomic mass is 35.5. The van der Waals surface area contributed by atoms with Crippen LogP contribution in [0.3, 0.4) is 0 Å². The van der Waals surface area contributed by atoms with E-state index >= 15 is 0 Å². The molecule has 1 heterocycles. The summed E-state index contributed by atoms with van der Waals surface area (Å²) in [5.41, 5.74) is 5.42. The molecule has 0 spiro atoms. The zero-order valence-electron chi connectivity index (χ0n) is 13.7. The molecule has 2 atom stereocenters. The number of nitrogens with two attached hydrogens (primary N) is 1. The van der Waals surface area contributed by atoms with Gasteiger partial charge >= 0.3 is 0 Å². The smallest absolute Gasteiger partial charge is 0.243 e. The van der Waals surface area contributed by atoms with Crippen molar-refractivity contribution in [3.63, 3.8) is 0 Å². The van der Waals surface area contributed by atoms with Crippen molar-refractivity contribution in [2.24, 2.45) is 11.1 Å². The number of halogens is 1. The molecule has 2 fully saturated rings. The number of hydrogen-bond acceptors (Lipinski definition) is 4. The molecule has 2 unspecified atom stereocenters. The number of hydrogen-bond donors (Lipinski definition) is 1. The van der Waals surface area contributed by atoms with Crippen molar-refractivity contribution < 1.29 is 9.53 Å². The zero-order chi connectivity index (χ0) is 15.0. The van der Waals surface area contributed by atoms with Gasteiger partial charge in [0.25, 0.3) is 0 Å². The molecule has 0 radical (unpaired) electrons. The molecule has 124 valence electrons. The summed E-state index contributed by atoms with van der Waals surface area (Å²) in [4.78, 5) is 17.1. The Labute approximate surface area is 134 Å². The van der Waals surface area contributed by atoms with E-state index in [1.54, 1.807) is 0 Å². The Hall–Kier alpha value is -0.360. The third kappa shape index (κ3) is 3.21. The van der Waals surface area contributed by atoms with Crippen LogP contribution < -0.4 is 5.73 Å². The first-order chi connectivity index (χ1) is 9.33. The van der Waals surface area contributed by atoms with Gasteiger partial charge in [0.05, 0.1) is 6.10 Å². The van der Waals surface area contributed by atoms with Crippen molar-refractivity contribution in [1.29, 1.82) is 0 Å². The van der Waals surface area contributed by atoms with Crippen LogP contribution in [0.25, 0.3) is 0 Å². The first-order valence-electron chi connectivity index (χ1n) is 7.71. The van der Waals surface area contributed by atoms with Crippen molar-refractivity contribution in [1.82, 2.24) is 9.80 Å². The largest absolute Gasteiger partial charge is 0.378 e. The van der Waals surface area contributed by atoms with Gasteiger partial charge in [-0.2, -0.15) is 0 Å². The van der Waals surface area contributed by atoms with E-state index in [9.17, 15) is 4.79 Å². The number of nitrogens with zero attached hydrogens (tertiary/aromatic N) is 2. The lowest BCUT2D eigenvalue weighted by Gasteiger charge is -2.58. The van der Waals surface area contributed by atoms with Crippen LogP contribution in [0.1, 0.15) is 33.6 Å². The second-order valence-electron chi connectivity index (χ2n) is 6.79. The van der Waals surface area contributed by atoms with Crippen LogP contribution in [0.5, 0.6) is 0 Å². The summed E-state index contributed by atoms with van der Waals surface area (Å²) in [7, 11) is 2.10. The Morgan fingerprint density at radius 2 is 1.95 bits per heavy atom. The van der Waals surface area contributed by atoms with E-state index in [2.05, 4.69) is 25.8 Å². The SMILES string of the molecule is CCOC1CC(N)(C(=O)N2CCCN(C)CC2)C1(C)C.Cl. The van der Waals surface area contributed by atoms with Crippen molar-refractivity contribution >= 4 is 18.3 Å². The summed E-state index contributed by atoms with van der Waals surface area (Å²) < 4.78 is 5.71. The Balaban J connectivity index is 0.00000220. The highest BCUT2D eigenvalue weighted by molar-refractivity contribution is 5.89. The maximum Gasteiger partial charge on any atom is 0.243 e. The Morgan fingerprint density at radius 3 is 2.52 bits per heavy atom. The van der Waals surface area contributed by atoms with Crippen molar-refractivity contribution in [2.45, 2.75) is 45.3 Å². The van der Waals surface area contributed by atoms with E-state index in [-0.39, 0.29) is 29.8 Å². The van der Waals surface area contributed by atoms with Crippen LogP contribution in [-0.4, -0.2) is 67.2 Å². The molecule has 1 amide bonds. The molecule has 2 rings (SSSR count). The van der Waals surface area contributed by atoms with Crippen LogP contribution >= 0.6 is 12.4 Å².